The maximum atomic E-state index is 5.88. The Morgan fingerprint density at radius 1 is 1.32 bits per heavy atom. The monoisotopic (exact) mass is 279 g/mol. The van der Waals surface area contributed by atoms with Gasteiger partial charge in [-0.1, -0.05) is 30.7 Å². The van der Waals surface area contributed by atoms with Crippen molar-refractivity contribution >= 4 is 11.6 Å². The van der Waals surface area contributed by atoms with Crippen molar-refractivity contribution in [1.82, 2.24) is 25.5 Å². The quantitative estimate of drug-likeness (QED) is 0.882. The molecule has 2 rings (SSSR count). The van der Waals surface area contributed by atoms with Gasteiger partial charge in [-0.15, -0.1) is 5.10 Å². The second-order valence-electron chi connectivity index (χ2n) is 4.50. The lowest BCUT2D eigenvalue weighted by Crippen LogP contribution is -2.23. The first-order valence-electron chi connectivity index (χ1n) is 6.44. The largest absolute Gasteiger partial charge is 0.307 e. The summed E-state index contributed by atoms with van der Waals surface area (Å²) in [6.07, 6.45) is 1.09. The van der Waals surface area contributed by atoms with Gasteiger partial charge in [-0.2, -0.15) is 0 Å². The molecule has 0 spiro atoms. The molecule has 0 saturated carbocycles. The number of tetrazole rings is 1. The summed E-state index contributed by atoms with van der Waals surface area (Å²) in [6, 6.07) is 7.86. The molecule has 0 aliphatic rings. The smallest absolute Gasteiger partial charge is 0.168 e. The van der Waals surface area contributed by atoms with Crippen LogP contribution in [0.2, 0.25) is 5.02 Å². The van der Waals surface area contributed by atoms with Crippen molar-refractivity contribution in [2.24, 2.45) is 0 Å². The number of rotatable bonds is 6. The Morgan fingerprint density at radius 2 is 2.05 bits per heavy atom. The first kappa shape index (κ1) is 14.0. The van der Waals surface area contributed by atoms with Crippen LogP contribution in [0.25, 0.3) is 0 Å². The topological polar surface area (TPSA) is 55.6 Å². The van der Waals surface area contributed by atoms with Crippen LogP contribution in [0.4, 0.5) is 0 Å². The Labute approximate surface area is 118 Å². The molecule has 1 aromatic heterocycles. The second-order valence-corrected chi connectivity index (χ2v) is 4.93. The average Bonchev–Trinajstić information content (AvgIpc) is 2.87. The Balaban J connectivity index is 2.08. The maximum absolute atomic E-state index is 5.88. The summed E-state index contributed by atoms with van der Waals surface area (Å²) in [6.45, 7) is 5.81. The number of halogens is 1. The van der Waals surface area contributed by atoms with Gasteiger partial charge in [-0.3, -0.25) is 0 Å². The van der Waals surface area contributed by atoms with Crippen LogP contribution in [-0.2, 0) is 6.54 Å². The minimum absolute atomic E-state index is 0.141. The lowest BCUT2D eigenvalue weighted by Gasteiger charge is -2.12. The fourth-order valence-electron chi connectivity index (χ4n) is 1.85. The minimum Gasteiger partial charge on any atom is -0.307 e. The van der Waals surface area contributed by atoms with E-state index in [1.807, 2.05) is 28.9 Å². The second kappa shape index (κ2) is 6.63. The molecule has 5 nitrogen and oxygen atoms in total. The van der Waals surface area contributed by atoms with Gasteiger partial charge < -0.3 is 5.32 Å². The average molecular weight is 280 g/mol. The molecule has 0 aliphatic heterocycles. The van der Waals surface area contributed by atoms with Crippen LogP contribution in [0.1, 0.15) is 37.7 Å². The third kappa shape index (κ3) is 3.75. The third-order valence-electron chi connectivity index (χ3n) is 2.89. The van der Waals surface area contributed by atoms with Crippen LogP contribution in [0.5, 0.6) is 0 Å². The third-order valence-corrected chi connectivity index (χ3v) is 3.14. The van der Waals surface area contributed by atoms with Crippen molar-refractivity contribution in [3.63, 3.8) is 0 Å². The highest BCUT2D eigenvalue weighted by molar-refractivity contribution is 6.30. The zero-order valence-corrected chi connectivity index (χ0v) is 11.9. The highest BCUT2D eigenvalue weighted by Gasteiger charge is 2.13. The van der Waals surface area contributed by atoms with Crippen molar-refractivity contribution < 1.29 is 0 Å². The van der Waals surface area contributed by atoms with Gasteiger partial charge in [0.2, 0.25) is 0 Å². The lowest BCUT2D eigenvalue weighted by molar-refractivity contribution is 0.503. The van der Waals surface area contributed by atoms with Crippen LogP contribution < -0.4 is 5.32 Å². The van der Waals surface area contributed by atoms with Gasteiger partial charge in [-0.05, 0) is 48.0 Å². The zero-order valence-electron chi connectivity index (χ0n) is 11.2. The molecule has 102 valence electrons. The number of hydrogen-bond donors (Lipinski definition) is 1. The molecule has 0 amide bonds. The van der Waals surface area contributed by atoms with Gasteiger partial charge in [-0.25, -0.2) is 4.68 Å². The SMILES string of the molecule is CCCNC(C)c1nnnn1Cc1ccc(Cl)cc1. The molecule has 1 N–H and O–H groups in total. The minimum atomic E-state index is 0.141. The molecule has 0 bridgehead atoms. The molecule has 1 aromatic carbocycles. The van der Waals surface area contributed by atoms with E-state index < -0.39 is 0 Å². The summed E-state index contributed by atoms with van der Waals surface area (Å²) in [5, 5.41) is 16.0. The maximum Gasteiger partial charge on any atom is 0.168 e. The zero-order chi connectivity index (χ0) is 13.7. The van der Waals surface area contributed by atoms with E-state index >= 15 is 0 Å². The van der Waals surface area contributed by atoms with Crippen molar-refractivity contribution in [2.45, 2.75) is 32.9 Å². The Morgan fingerprint density at radius 3 is 2.74 bits per heavy atom. The molecule has 0 aliphatic carbocycles. The van der Waals surface area contributed by atoms with Crippen molar-refractivity contribution in [3.8, 4) is 0 Å². The molecular weight excluding hydrogens is 262 g/mol. The molecule has 1 heterocycles. The molecule has 0 radical (unpaired) electrons. The predicted molar refractivity (Wildman–Crippen MR) is 75.1 cm³/mol. The summed E-state index contributed by atoms with van der Waals surface area (Å²) in [7, 11) is 0. The summed E-state index contributed by atoms with van der Waals surface area (Å²) in [5.74, 6) is 0.850. The van der Waals surface area contributed by atoms with E-state index in [4.69, 9.17) is 11.6 Å². The molecule has 19 heavy (non-hydrogen) atoms. The normalized spacial score (nSPS) is 12.6. The molecule has 1 atom stereocenters. The highest BCUT2D eigenvalue weighted by Crippen LogP contribution is 2.13. The van der Waals surface area contributed by atoms with E-state index in [2.05, 4.69) is 34.7 Å². The van der Waals surface area contributed by atoms with Gasteiger partial charge >= 0.3 is 0 Å². The standard InChI is InChI=1S/C13H18ClN5/c1-3-8-15-10(2)13-16-17-18-19(13)9-11-4-6-12(14)7-5-11/h4-7,10,15H,3,8-9H2,1-2H3. The van der Waals surface area contributed by atoms with Gasteiger partial charge in [0.1, 0.15) is 0 Å². The van der Waals surface area contributed by atoms with Gasteiger partial charge in [0.25, 0.3) is 0 Å². The number of nitrogens with one attached hydrogen (secondary N) is 1. The van der Waals surface area contributed by atoms with E-state index in [0.29, 0.717) is 6.54 Å². The molecule has 0 saturated heterocycles. The molecular formula is C13H18ClN5. The van der Waals surface area contributed by atoms with Crippen LogP contribution in [-0.4, -0.2) is 26.8 Å². The first-order chi connectivity index (χ1) is 9.20. The lowest BCUT2D eigenvalue weighted by atomic mass is 10.2. The van der Waals surface area contributed by atoms with E-state index in [1.165, 1.54) is 0 Å². The van der Waals surface area contributed by atoms with Crippen molar-refractivity contribution in [1.29, 1.82) is 0 Å². The Hall–Kier alpha value is -1.46. The summed E-state index contributed by atoms with van der Waals surface area (Å²) >= 11 is 5.88. The number of aromatic nitrogens is 4. The van der Waals surface area contributed by atoms with Crippen LogP contribution in [0.15, 0.2) is 24.3 Å². The number of nitrogens with zero attached hydrogens (tertiary/aromatic N) is 4. The molecule has 1 unspecified atom stereocenters. The molecule has 2 aromatic rings. The van der Waals surface area contributed by atoms with Crippen molar-refractivity contribution in [3.05, 3.63) is 40.7 Å². The van der Waals surface area contributed by atoms with E-state index in [-0.39, 0.29) is 6.04 Å². The van der Waals surface area contributed by atoms with Gasteiger partial charge in [0.05, 0.1) is 12.6 Å². The van der Waals surface area contributed by atoms with E-state index in [0.717, 1.165) is 29.4 Å². The first-order valence-corrected chi connectivity index (χ1v) is 6.82. The summed E-state index contributed by atoms with van der Waals surface area (Å²) < 4.78 is 1.82. The van der Waals surface area contributed by atoms with Gasteiger partial charge in [0, 0.05) is 5.02 Å². The highest BCUT2D eigenvalue weighted by atomic mass is 35.5. The van der Waals surface area contributed by atoms with Crippen LogP contribution in [0, 0.1) is 0 Å². The van der Waals surface area contributed by atoms with E-state index in [9.17, 15) is 0 Å². The molecule has 0 fully saturated rings. The van der Waals surface area contributed by atoms with Crippen LogP contribution in [0.3, 0.4) is 0 Å². The van der Waals surface area contributed by atoms with Gasteiger partial charge in [0.15, 0.2) is 5.82 Å². The predicted octanol–water partition coefficient (Wildman–Crippen LogP) is 2.44. The van der Waals surface area contributed by atoms with Crippen LogP contribution >= 0.6 is 11.6 Å². The Kier molecular flexibility index (Phi) is 4.87. The summed E-state index contributed by atoms with van der Waals surface area (Å²) in [4.78, 5) is 0. The fraction of sp³-hybridized carbons (Fsp3) is 0.462. The van der Waals surface area contributed by atoms with Crippen molar-refractivity contribution in [2.75, 3.05) is 6.54 Å². The summed E-state index contributed by atoms with van der Waals surface area (Å²) in [5.41, 5.74) is 1.13. The fourth-order valence-corrected chi connectivity index (χ4v) is 1.98. The van der Waals surface area contributed by atoms with E-state index in [1.54, 1.807) is 0 Å². The number of benzene rings is 1. The molecule has 6 heteroatoms. The Bertz CT molecular complexity index is 508. The number of hydrogen-bond acceptors (Lipinski definition) is 4.